The molecular formula is C20H30O3. The second-order valence-corrected chi connectivity index (χ2v) is 10.0. The fourth-order valence-electron chi connectivity index (χ4n) is 6.34. The van der Waals surface area contributed by atoms with E-state index in [1.165, 1.54) is 12.0 Å². The summed E-state index contributed by atoms with van der Waals surface area (Å²) in [6.07, 6.45) is 8.60. The Morgan fingerprint density at radius 3 is 2.09 bits per heavy atom. The smallest absolute Gasteiger partial charge is 0.317 e. The van der Waals surface area contributed by atoms with Gasteiger partial charge in [0.15, 0.2) is 0 Å². The number of aliphatic hydroxyl groups is 1. The maximum absolute atomic E-state index is 13.1. The number of allylic oxidation sites excluding steroid dienone is 1. The third-order valence-corrected chi connectivity index (χ3v) is 6.99. The first-order chi connectivity index (χ1) is 10.6. The van der Waals surface area contributed by atoms with Gasteiger partial charge < -0.3 is 9.84 Å². The van der Waals surface area contributed by atoms with E-state index < -0.39 is 16.6 Å². The van der Waals surface area contributed by atoms with Crippen LogP contribution < -0.4 is 0 Å². The van der Waals surface area contributed by atoms with Gasteiger partial charge in [0.2, 0.25) is 0 Å². The van der Waals surface area contributed by atoms with Gasteiger partial charge in [-0.2, -0.15) is 0 Å². The van der Waals surface area contributed by atoms with Crippen LogP contribution in [-0.2, 0) is 9.53 Å². The van der Waals surface area contributed by atoms with Crippen molar-refractivity contribution in [2.45, 2.75) is 83.8 Å². The standard InChI is InChI=1S/C20H30O3/c1-13(2)6-20(11-17(20,3)4)16(21)23-19-9-14-5-15(10-19)8-18(22,7-14)12-19/h6,14-15,22H,5,7-12H2,1-4H3. The number of hydrogen-bond acceptors (Lipinski definition) is 3. The lowest BCUT2D eigenvalue weighted by Gasteiger charge is -2.59. The van der Waals surface area contributed by atoms with Gasteiger partial charge in [-0.25, -0.2) is 0 Å². The van der Waals surface area contributed by atoms with E-state index in [0.717, 1.165) is 32.1 Å². The van der Waals surface area contributed by atoms with Crippen molar-refractivity contribution in [2.24, 2.45) is 22.7 Å². The van der Waals surface area contributed by atoms with Gasteiger partial charge in [-0.1, -0.05) is 25.5 Å². The summed E-state index contributed by atoms with van der Waals surface area (Å²) in [6.45, 7) is 8.41. The molecule has 5 aliphatic carbocycles. The lowest BCUT2D eigenvalue weighted by molar-refractivity contribution is -0.223. The molecule has 3 unspecified atom stereocenters. The molecule has 0 spiro atoms. The van der Waals surface area contributed by atoms with E-state index in [1.807, 2.05) is 0 Å². The molecule has 3 atom stereocenters. The van der Waals surface area contributed by atoms with E-state index >= 15 is 0 Å². The van der Waals surface area contributed by atoms with Gasteiger partial charge in [0.25, 0.3) is 0 Å². The molecule has 3 heteroatoms. The molecule has 4 bridgehead atoms. The normalized spacial score (nSPS) is 48.9. The van der Waals surface area contributed by atoms with Crippen LogP contribution in [0.25, 0.3) is 0 Å². The Morgan fingerprint density at radius 1 is 1.09 bits per heavy atom. The molecule has 128 valence electrons. The summed E-state index contributed by atoms with van der Waals surface area (Å²) in [5, 5.41) is 10.8. The summed E-state index contributed by atoms with van der Waals surface area (Å²) < 4.78 is 6.24. The van der Waals surface area contributed by atoms with E-state index in [4.69, 9.17) is 4.74 Å². The minimum Gasteiger partial charge on any atom is -0.458 e. The molecule has 5 aliphatic rings. The summed E-state index contributed by atoms with van der Waals surface area (Å²) in [7, 11) is 0. The summed E-state index contributed by atoms with van der Waals surface area (Å²) in [6, 6.07) is 0. The highest BCUT2D eigenvalue weighted by Gasteiger charge is 2.68. The molecule has 0 heterocycles. The Balaban J connectivity index is 1.59. The molecule has 5 saturated carbocycles. The van der Waals surface area contributed by atoms with Gasteiger partial charge in [-0.15, -0.1) is 0 Å². The molecule has 0 aliphatic heterocycles. The lowest BCUT2D eigenvalue weighted by atomic mass is 9.52. The molecule has 1 N–H and O–H groups in total. The zero-order valence-corrected chi connectivity index (χ0v) is 14.9. The van der Waals surface area contributed by atoms with Crippen molar-refractivity contribution in [1.29, 1.82) is 0 Å². The molecule has 5 rings (SSSR count). The summed E-state index contributed by atoms with van der Waals surface area (Å²) >= 11 is 0. The van der Waals surface area contributed by atoms with Crippen LogP contribution in [0.5, 0.6) is 0 Å². The zero-order valence-electron chi connectivity index (χ0n) is 14.9. The average molecular weight is 318 g/mol. The van der Waals surface area contributed by atoms with Crippen molar-refractivity contribution in [3.8, 4) is 0 Å². The van der Waals surface area contributed by atoms with E-state index in [1.54, 1.807) is 0 Å². The van der Waals surface area contributed by atoms with Crippen LogP contribution >= 0.6 is 0 Å². The molecule has 3 nitrogen and oxygen atoms in total. The molecule has 0 amide bonds. The van der Waals surface area contributed by atoms with Crippen LogP contribution in [0.2, 0.25) is 0 Å². The number of carbonyl (C=O) groups excluding carboxylic acids is 1. The van der Waals surface area contributed by atoms with Crippen LogP contribution in [-0.4, -0.2) is 22.3 Å². The van der Waals surface area contributed by atoms with E-state index in [0.29, 0.717) is 18.3 Å². The predicted octanol–water partition coefficient (Wildman–Crippen LogP) is 4.00. The molecule has 0 aromatic heterocycles. The third-order valence-electron chi connectivity index (χ3n) is 6.99. The Bertz CT molecular complexity index is 570. The number of ether oxygens (including phenoxy) is 1. The van der Waals surface area contributed by atoms with Crippen LogP contribution in [0.15, 0.2) is 11.6 Å². The van der Waals surface area contributed by atoms with Crippen molar-refractivity contribution in [3.63, 3.8) is 0 Å². The van der Waals surface area contributed by atoms with Gasteiger partial charge in [-0.05, 0) is 69.6 Å². The second kappa shape index (κ2) is 4.41. The summed E-state index contributed by atoms with van der Waals surface area (Å²) in [5.41, 5.74) is -0.251. The van der Waals surface area contributed by atoms with Gasteiger partial charge in [-0.3, -0.25) is 4.79 Å². The Labute approximate surface area is 139 Å². The second-order valence-electron chi connectivity index (χ2n) is 10.0. The molecule has 0 radical (unpaired) electrons. The minimum atomic E-state index is -0.576. The Morgan fingerprint density at radius 2 is 1.65 bits per heavy atom. The van der Waals surface area contributed by atoms with Crippen molar-refractivity contribution >= 4 is 5.97 Å². The quantitative estimate of drug-likeness (QED) is 0.632. The monoisotopic (exact) mass is 318 g/mol. The van der Waals surface area contributed by atoms with Gasteiger partial charge in [0.1, 0.15) is 5.60 Å². The maximum atomic E-state index is 13.1. The first kappa shape index (κ1) is 15.7. The van der Waals surface area contributed by atoms with Crippen LogP contribution in [0.1, 0.15) is 72.6 Å². The summed E-state index contributed by atoms with van der Waals surface area (Å²) in [5.74, 6) is 1.04. The number of rotatable bonds is 3. The Hall–Kier alpha value is -0.830. The lowest BCUT2D eigenvalue weighted by Crippen LogP contribution is -2.60. The highest BCUT2D eigenvalue weighted by Crippen LogP contribution is 2.67. The third kappa shape index (κ3) is 2.30. The fourth-order valence-corrected chi connectivity index (χ4v) is 6.34. The van der Waals surface area contributed by atoms with Crippen molar-refractivity contribution in [1.82, 2.24) is 0 Å². The molecule has 5 fully saturated rings. The first-order valence-corrected chi connectivity index (χ1v) is 9.19. The van der Waals surface area contributed by atoms with Crippen LogP contribution in [0.4, 0.5) is 0 Å². The maximum Gasteiger partial charge on any atom is 0.317 e. The van der Waals surface area contributed by atoms with E-state index in [-0.39, 0.29) is 11.4 Å². The average Bonchev–Trinajstić information content (AvgIpc) is 2.86. The topological polar surface area (TPSA) is 46.5 Å². The zero-order chi connectivity index (χ0) is 16.7. The SMILES string of the molecule is CC(C)=CC1(C(=O)OC23CC4CC(CC(O)(C4)C2)C3)CC1(C)C. The molecule has 0 aromatic carbocycles. The predicted molar refractivity (Wildman–Crippen MR) is 88.7 cm³/mol. The van der Waals surface area contributed by atoms with E-state index in [2.05, 4.69) is 33.8 Å². The van der Waals surface area contributed by atoms with Gasteiger partial charge in [0.05, 0.1) is 11.0 Å². The minimum absolute atomic E-state index is 0.0133. The molecular weight excluding hydrogens is 288 g/mol. The fraction of sp³-hybridized carbons (Fsp3) is 0.850. The molecule has 23 heavy (non-hydrogen) atoms. The van der Waals surface area contributed by atoms with Gasteiger partial charge >= 0.3 is 5.97 Å². The van der Waals surface area contributed by atoms with Crippen molar-refractivity contribution in [2.75, 3.05) is 0 Å². The van der Waals surface area contributed by atoms with Gasteiger partial charge in [0, 0.05) is 6.42 Å². The highest BCUT2D eigenvalue weighted by molar-refractivity contribution is 5.85. The molecule has 0 aromatic rings. The largest absolute Gasteiger partial charge is 0.458 e. The first-order valence-electron chi connectivity index (χ1n) is 9.19. The van der Waals surface area contributed by atoms with Crippen molar-refractivity contribution < 1.29 is 14.6 Å². The number of carbonyl (C=O) groups is 1. The van der Waals surface area contributed by atoms with E-state index in [9.17, 15) is 9.90 Å². The summed E-state index contributed by atoms with van der Waals surface area (Å²) in [4.78, 5) is 13.1. The van der Waals surface area contributed by atoms with Crippen molar-refractivity contribution in [3.05, 3.63) is 11.6 Å². The van der Waals surface area contributed by atoms with Crippen LogP contribution in [0, 0.1) is 22.7 Å². The number of esters is 1. The molecule has 0 saturated heterocycles. The van der Waals surface area contributed by atoms with Crippen LogP contribution in [0.3, 0.4) is 0 Å². The highest BCUT2D eigenvalue weighted by atomic mass is 16.6. The Kier molecular flexibility index (Phi) is 3.01. The number of hydrogen-bond donors (Lipinski definition) is 1.